The third-order valence-corrected chi connectivity index (χ3v) is 2.82. The van der Waals surface area contributed by atoms with Crippen LogP contribution >= 0.6 is 0 Å². The van der Waals surface area contributed by atoms with E-state index in [-0.39, 0.29) is 6.61 Å². The topological polar surface area (TPSA) is 38.0 Å². The average Bonchev–Trinajstić information content (AvgIpc) is 2.87. The van der Waals surface area contributed by atoms with Gasteiger partial charge in [-0.15, -0.1) is 0 Å². The summed E-state index contributed by atoms with van der Waals surface area (Å²) in [6.07, 6.45) is 1.87. The number of benzene rings is 2. The lowest BCUT2D eigenvalue weighted by molar-refractivity contribution is 0.276. The average molecular weight is 224 g/mol. The Kier molecular flexibility index (Phi) is 2.38. The van der Waals surface area contributed by atoms with Crippen molar-refractivity contribution in [3.8, 4) is 5.69 Å². The van der Waals surface area contributed by atoms with Crippen molar-refractivity contribution >= 4 is 10.8 Å². The molecule has 0 amide bonds. The third-order valence-electron chi connectivity index (χ3n) is 2.82. The fourth-order valence-electron chi connectivity index (χ4n) is 1.99. The van der Waals surface area contributed by atoms with Gasteiger partial charge in [-0.05, 0) is 17.5 Å². The van der Waals surface area contributed by atoms with Gasteiger partial charge in [0.15, 0.2) is 0 Å². The lowest BCUT2D eigenvalue weighted by Crippen LogP contribution is -1.97. The van der Waals surface area contributed by atoms with E-state index in [2.05, 4.69) is 23.3 Å². The van der Waals surface area contributed by atoms with Crippen molar-refractivity contribution < 1.29 is 5.11 Å². The van der Waals surface area contributed by atoms with E-state index in [9.17, 15) is 0 Å². The fourth-order valence-corrected chi connectivity index (χ4v) is 1.99. The lowest BCUT2D eigenvalue weighted by Gasteiger charge is -2.06. The molecule has 17 heavy (non-hydrogen) atoms. The third kappa shape index (κ3) is 1.70. The van der Waals surface area contributed by atoms with Crippen LogP contribution in [0.5, 0.6) is 0 Å². The highest BCUT2D eigenvalue weighted by Gasteiger charge is 2.04. The Hall–Kier alpha value is -2.13. The molecular formula is C14H12N2O. The Labute approximate surface area is 98.9 Å². The van der Waals surface area contributed by atoms with Crippen molar-refractivity contribution in [2.24, 2.45) is 0 Å². The zero-order valence-corrected chi connectivity index (χ0v) is 9.24. The van der Waals surface area contributed by atoms with Gasteiger partial charge < -0.3 is 5.11 Å². The molecule has 3 nitrogen and oxygen atoms in total. The number of fused-ring (bicyclic) bond motifs is 1. The molecule has 0 aliphatic carbocycles. The smallest absolute Gasteiger partial charge is 0.0883 e. The molecule has 3 heteroatoms. The molecule has 0 fully saturated rings. The molecule has 0 radical (unpaired) electrons. The predicted molar refractivity (Wildman–Crippen MR) is 67.0 cm³/mol. The molecule has 0 aliphatic heterocycles. The summed E-state index contributed by atoms with van der Waals surface area (Å²) in [7, 11) is 0. The maximum Gasteiger partial charge on any atom is 0.0883 e. The minimum Gasteiger partial charge on any atom is -0.390 e. The van der Waals surface area contributed by atoms with Crippen LogP contribution in [0.1, 0.15) is 5.69 Å². The summed E-state index contributed by atoms with van der Waals surface area (Å²) in [6.45, 7) is -0.0300. The summed E-state index contributed by atoms with van der Waals surface area (Å²) in [4.78, 5) is 0. The normalized spacial score (nSPS) is 10.9. The van der Waals surface area contributed by atoms with E-state index in [0.29, 0.717) is 5.69 Å². The van der Waals surface area contributed by atoms with Crippen molar-refractivity contribution in [1.82, 2.24) is 9.78 Å². The molecule has 0 spiro atoms. The van der Waals surface area contributed by atoms with Gasteiger partial charge in [-0.1, -0.05) is 36.4 Å². The molecule has 1 heterocycles. The first-order valence-electron chi connectivity index (χ1n) is 5.52. The molecule has 0 aliphatic rings. The summed E-state index contributed by atoms with van der Waals surface area (Å²) in [5, 5.41) is 15.7. The molecule has 3 aromatic rings. The Balaban J connectivity index is 2.23. The van der Waals surface area contributed by atoms with Gasteiger partial charge in [0.05, 0.1) is 18.0 Å². The highest BCUT2D eigenvalue weighted by molar-refractivity contribution is 5.89. The van der Waals surface area contributed by atoms with Gasteiger partial charge in [-0.3, -0.25) is 0 Å². The summed E-state index contributed by atoms with van der Waals surface area (Å²) < 4.78 is 1.80. The second-order valence-corrected chi connectivity index (χ2v) is 3.91. The van der Waals surface area contributed by atoms with Gasteiger partial charge in [0.2, 0.25) is 0 Å². The lowest BCUT2D eigenvalue weighted by atomic mass is 10.1. The standard InChI is InChI=1S/C14H12N2O/c17-10-12-8-9-16(15-12)14-7-3-5-11-4-1-2-6-13(11)14/h1-9,17H,10H2. The zero-order chi connectivity index (χ0) is 11.7. The van der Waals surface area contributed by atoms with Crippen LogP contribution in [0.2, 0.25) is 0 Å². The van der Waals surface area contributed by atoms with E-state index < -0.39 is 0 Å². The molecular weight excluding hydrogens is 212 g/mol. The van der Waals surface area contributed by atoms with E-state index in [4.69, 9.17) is 5.11 Å². The van der Waals surface area contributed by atoms with Gasteiger partial charge in [0, 0.05) is 11.6 Å². The monoisotopic (exact) mass is 224 g/mol. The van der Waals surface area contributed by atoms with Crippen LogP contribution in [-0.4, -0.2) is 14.9 Å². The highest BCUT2D eigenvalue weighted by atomic mass is 16.3. The first-order chi connectivity index (χ1) is 8.38. The number of aliphatic hydroxyl groups is 1. The summed E-state index contributed by atoms with van der Waals surface area (Å²) >= 11 is 0. The number of hydrogen-bond acceptors (Lipinski definition) is 2. The first-order valence-corrected chi connectivity index (χ1v) is 5.52. The summed E-state index contributed by atoms with van der Waals surface area (Å²) in [5.41, 5.74) is 1.71. The molecule has 84 valence electrons. The number of nitrogens with zero attached hydrogens (tertiary/aromatic N) is 2. The van der Waals surface area contributed by atoms with E-state index in [0.717, 1.165) is 11.1 Å². The summed E-state index contributed by atoms with van der Waals surface area (Å²) in [5.74, 6) is 0. The van der Waals surface area contributed by atoms with Crippen LogP contribution in [-0.2, 0) is 6.61 Å². The van der Waals surface area contributed by atoms with Crippen molar-refractivity contribution in [2.75, 3.05) is 0 Å². The number of hydrogen-bond donors (Lipinski definition) is 1. The Morgan fingerprint density at radius 1 is 1.00 bits per heavy atom. The van der Waals surface area contributed by atoms with Crippen LogP contribution in [0.3, 0.4) is 0 Å². The molecule has 0 unspecified atom stereocenters. The van der Waals surface area contributed by atoms with E-state index in [1.165, 1.54) is 5.39 Å². The number of aromatic nitrogens is 2. The van der Waals surface area contributed by atoms with Gasteiger partial charge in [-0.25, -0.2) is 4.68 Å². The van der Waals surface area contributed by atoms with Gasteiger partial charge in [0.25, 0.3) is 0 Å². The van der Waals surface area contributed by atoms with Crippen LogP contribution < -0.4 is 0 Å². The fraction of sp³-hybridized carbons (Fsp3) is 0.0714. The van der Waals surface area contributed by atoms with Crippen LogP contribution in [0.25, 0.3) is 16.5 Å². The first kappa shape index (κ1) is 10.1. The number of rotatable bonds is 2. The number of aliphatic hydroxyl groups excluding tert-OH is 1. The minimum absolute atomic E-state index is 0.0300. The van der Waals surface area contributed by atoms with E-state index in [1.807, 2.05) is 36.5 Å². The second-order valence-electron chi connectivity index (χ2n) is 3.91. The molecule has 0 saturated heterocycles. The van der Waals surface area contributed by atoms with Crippen molar-refractivity contribution in [2.45, 2.75) is 6.61 Å². The van der Waals surface area contributed by atoms with Gasteiger partial charge in [0.1, 0.15) is 0 Å². The zero-order valence-electron chi connectivity index (χ0n) is 9.24. The molecule has 0 bridgehead atoms. The van der Waals surface area contributed by atoms with Crippen molar-refractivity contribution in [3.63, 3.8) is 0 Å². The SMILES string of the molecule is OCc1ccn(-c2cccc3ccccc23)n1. The quantitative estimate of drug-likeness (QED) is 0.726. The molecule has 3 rings (SSSR count). The Morgan fingerprint density at radius 3 is 2.65 bits per heavy atom. The van der Waals surface area contributed by atoms with Crippen molar-refractivity contribution in [1.29, 1.82) is 0 Å². The molecule has 1 aromatic heterocycles. The largest absolute Gasteiger partial charge is 0.390 e. The van der Waals surface area contributed by atoms with E-state index >= 15 is 0 Å². The molecule has 1 N–H and O–H groups in total. The van der Waals surface area contributed by atoms with Gasteiger partial charge >= 0.3 is 0 Å². The summed E-state index contributed by atoms with van der Waals surface area (Å²) in [6, 6.07) is 16.1. The molecule has 2 aromatic carbocycles. The molecule has 0 atom stereocenters. The van der Waals surface area contributed by atoms with Crippen molar-refractivity contribution in [3.05, 3.63) is 60.4 Å². The van der Waals surface area contributed by atoms with Crippen LogP contribution in [0.4, 0.5) is 0 Å². The molecule has 0 saturated carbocycles. The van der Waals surface area contributed by atoms with Gasteiger partial charge in [-0.2, -0.15) is 5.10 Å². The predicted octanol–water partition coefficient (Wildman–Crippen LogP) is 2.52. The van der Waals surface area contributed by atoms with Crippen LogP contribution in [0.15, 0.2) is 54.7 Å². The maximum atomic E-state index is 9.04. The minimum atomic E-state index is -0.0300. The maximum absolute atomic E-state index is 9.04. The van der Waals surface area contributed by atoms with E-state index in [1.54, 1.807) is 4.68 Å². The second kappa shape index (κ2) is 4.03. The Morgan fingerprint density at radius 2 is 1.82 bits per heavy atom. The Bertz CT molecular complexity index is 653. The highest BCUT2D eigenvalue weighted by Crippen LogP contribution is 2.21. The van der Waals surface area contributed by atoms with Crippen LogP contribution in [0, 0.1) is 0 Å².